The van der Waals surface area contributed by atoms with Gasteiger partial charge in [-0.25, -0.2) is 4.98 Å². The van der Waals surface area contributed by atoms with E-state index in [1.54, 1.807) is 0 Å². The predicted molar refractivity (Wildman–Crippen MR) is 80.6 cm³/mol. The van der Waals surface area contributed by atoms with Crippen molar-refractivity contribution in [3.63, 3.8) is 0 Å². The van der Waals surface area contributed by atoms with Gasteiger partial charge in [0.15, 0.2) is 11.5 Å². The minimum atomic E-state index is 0.290. The molecule has 0 unspecified atom stereocenters. The number of nitrogens with zero attached hydrogens (tertiary/aromatic N) is 2. The summed E-state index contributed by atoms with van der Waals surface area (Å²) in [4.78, 5) is 4.60. The first-order chi connectivity index (χ1) is 10.3. The number of imidazole rings is 1. The third-order valence-corrected chi connectivity index (χ3v) is 3.70. The fourth-order valence-electron chi connectivity index (χ4n) is 2.61. The maximum absolute atomic E-state index is 5.52. The summed E-state index contributed by atoms with van der Waals surface area (Å²) >= 11 is 0. The van der Waals surface area contributed by atoms with Crippen molar-refractivity contribution in [3.05, 3.63) is 48.0 Å². The molecule has 2 aromatic carbocycles. The molecule has 3 aromatic rings. The number of anilines is 1. The van der Waals surface area contributed by atoms with Gasteiger partial charge in [0.2, 0.25) is 12.7 Å². The van der Waals surface area contributed by atoms with E-state index >= 15 is 0 Å². The molecule has 0 saturated heterocycles. The number of aromatic nitrogens is 2. The summed E-state index contributed by atoms with van der Waals surface area (Å²) in [6, 6.07) is 14.0. The summed E-state index contributed by atoms with van der Waals surface area (Å²) in [5, 5.41) is 3.36. The van der Waals surface area contributed by atoms with Crippen LogP contribution in [0.2, 0.25) is 0 Å². The molecule has 0 bridgehead atoms. The number of nitrogens with one attached hydrogen (secondary N) is 1. The van der Waals surface area contributed by atoms with Crippen LogP contribution in [0.25, 0.3) is 11.0 Å². The number of aryl methyl sites for hydroxylation is 1. The smallest absolute Gasteiger partial charge is 0.231 e. The molecule has 1 aromatic heterocycles. The molecule has 1 aliphatic heterocycles. The van der Waals surface area contributed by atoms with Crippen molar-refractivity contribution in [2.45, 2.75) is 6.54 Å². The van der Waals surface area contributed by atoms with Crippen LogP contribution in [0, 0.1) is 0 Å². The van der Waals surface area contributed by atoms with Gasteiger partial charge < -0.3 is 19.4 Å². The maximum Gasteiger partial charge on any atom is 0.231 e. The molecular weight excluding hydrogens is 266 g/mol. The average Bonchev–Trinajstić information content (AvgIpc) is 3.11. The standard InChI is InChI=1S/C16H15N3O2/c1-19-13-7-3-2-6-12(13)18-16(19)17-9-11-5-4-8-14-15(11)21-10-20-14/h2-8H,9-10H2,1H3,(H,17,18). The molecule has 106 valence electrons. The Kier molecular flexibility index (Phi) is 2.70. The number of ether oxygens (including phenoxy) is 2. The van der Waals surface area contributed by atoms with Gasteiger partial charge in [-0.1, -0.05) is 24.3 Å². The Morgan fingerprint density at radius 1 is 1.14 bits per heavy atom. The third kappa shape index (κ3) is 1.98. The van der Waals surface area contributed by atoms with Gasteiger partial charge in [-0.3, -0.25) is 0 Å². The van der Waals surface area contributed by atoms with E-state index in [0.717, 1.165) is 34.0 Å². The van der Waals surface area contributed by atoms with Gasteiger partial charge in [-0.15, -0.1) is 0 Å². The van der Waals surface area contributed by atoms with E-state index in [4.69, 9.17) is 9.47 Å². The zero-order chi connectivity index (χ0) is 14.2. The van der Waals surface area contributed by atoms with Crippen molar-refractivity contribution in [2.24, 2.45) is 7.05 Å². The number of hydrogen-bond acceptors (Lipinski definition) is 4. The van der Waals surface area contributed by atoms with E-state index in [1.165, 1.54) is 0 Å². The minimum Gasteiger partial charge on any atom is -0.454 e. The average molecular weight is 281 g/mol. The first kappa shape index (κ1) is 12.1. The lowest BCUT2D eigenvalue weighted by Gasteiger charge is -2.08. The van der Waals surface area contributed by atoms with Crippen LogP contribution in [-0.4, -0.2) is 16.3 Å². The zero-order valence-corrected chi connectivity index (χ0v) is 11.7. The van der Waals surface area contributed by atoms with Crippen LogP contribution in [0.5, 0.6) is 11.5 Å². The van der Waals surface area contributed by atoms with Gasteiger partial charge >= 0.3 is 0 Å². The fourth-order valence-corrected chi connectivity index (χ4v) is 2.61. The highest BCUT2D eigenvalue weighted by atomic mass is 16.7. The lowest BCUT2D eigenvalue weighted by atomic mass is 10.2. The van der Waals surface area contributed by atoms with Crippen molar-refractivity contribution >= 4 is 17.0 Å². The normalized spacial score (nSPS) is 12.8. The van der Waals surface area contributed by atoms with E-state index in [2.05, 4.69) is 20.9 Å². The molecule has 0 amide bonds. The van der Waals surface area contributed by atoms with Crippen LogP contribution in [0.15, 0.2) is 42.5 Å². The van der Waals surface area contributed by atoms with Gasteiger partial charge in [0, 0.05) is 19.2 Å². The topological polar surface area (TPSA) is 48.3 Å². The summed E-state index contributed by atoms with van der Waals surface area (Å²) in [5.41, 5.74) is 3.16. The largest absolute Gasteiger partial charge is 0.454 e. The zero-order valence-electron chi connectivity index (χ0n) is 11.7. The predicted octanol–water partition coefficient (Wildman–Crippen LogP) is 2.91. The molecule has 0 saturated carbocycles. The van der Waals surface area contributed by atoms with Crippen molar-refractivity contribution in [1.82, 2.24) is 9.55 Å². The summed E-state index contributed by atoms with van der Waals surface area (Å²) in [7, 11) is 2.01. The number of para-hydroxylation sites is 3. The van der Waals surface area contributed by atoms with Gasteiger partial charge in [0.05, 0.1) is 11.0 Å². The van der Waals surface area contributed by atoms with Crippen LogP contribution in [0.4, 0.5) is 5.95 Å². The van der Waals surface area contributed by atoms with Crippen LogP contribution < -0.4 is 14.8 Å². The van der Waals surface area contributed by atoms with Crippen LogP contribution in [0.3, 0.4) is 0 Å². The molecule has 1 aliphatic rings. The van der Waals surface area contributed by atoms with Gasteiger partial charge in [-0.2, -0.15) is 0 Å². The first-order valence-corrected chi connectivity index (χ1v) is 6.86. The highest BCUT2D eigenvalue weighted by Crippen LogP contribution is 2.35. The summed E-state index contributed by atoms with van der Waals surface area (Å²) in [5.74, 6) is 2.47. The number of hydrogen-bond donors (Lipinski definition) is 1. The van der Waals surface area contributed by atoms with E-state index in [9.17, 15) is 0 Å². The quantitative estimate of drug-likeness (QED) is 0.802. The maximum atomic E-state index is 5.52. The molecule has 2 heterocycles. The summed E-state index contributed by atoms with van der Waals surface area (Å²) in [6.45, 7) is 0.933. The Hall–Kier alpha value is -2.69. The summed E-state index contributed by atoms with van der Waals surface area (Å²) in [6.07, 6.45) is 0. The van der Waals surface area contributed by atoms with E-state index in [-0.39, 0.29) is 0 Å². The molecule has 0 radical (unpaired) electrons. The van der Waals surface area contributed by atoms with E-state index in [0.29, 0.717) is 13.3 Å². The Morgan fingerprint density at radius 2 is 2.05 bits per heavy atom. The first-order valence-electron chi connectivity index (χ1n) is 6.86. The lowest BCUT2D eigenvalue weighted by Crippen LogP contribution is -2.05. The highest BCUT2D eigenvalue weighted by Gasteiger charge is 2.17. The second-order valence-corrected chi connectivity index (χ2v) is 4.99. The van der Waals surface area contributed by atoms with Crippen molar-refractivity contribution < 1.29 is 9.47 Å². The number of rotatable bonds is 3. The van der Waals surface area contributed by atoms with E-state index in [1.807, 2.05) is 43.4 Å². The highest BCUT2D eigenvalue weighted by molar-refractivity contribution is 5.78. The molecule has 21 heavy (non-hydrogen) atoms. The van der Waals surface area contributed by atoms with Gasteiger partial charge in [-0.05, 0) is 18.2 Å². The van der Waals surface area contributed by atoms with Crippen LogP contribution >= 0.6 is 0 Å². The number of fused-ring (bicyclic) bond motifs is 2. The van der Waals surface area contributed by atoms with Crippen molar-refractivity contribution in [1.29, 1.82) is 0 Å². The monoisotopic (exact) mass is 281 g/mol. The molecular formula is C16H15N3O2. The molecule has 0 fully saturated rings. The van der Waals surface area contributed by atoms with Crippen LogP contribution in [0.1, 0.15) is 5.56 Å². The Labute approximate surface area is 122 Å². The van der Waals surface area contributed by atoms with E-state index < -0.39 is 0 Å². The Bertz CT molecular complexity index is 810. The second kappa shape index (κ2) is 4.70. The molecule has 0 atom stereocenters. The Balaban J connectivity index is 1.62. The molecule has 0 spiro atoms. The third-order valence-electron chi connectivity index (χ3n) is 3.70. The van der Waals surface area contributed by atoms with Gasteiger partial charge in [0.1, 0.15) is 0 Å². The summed E-state index contributed by atoms with van der Waals surface area (Å²) < 4.78 is 13.0. The van der Waals surface area contributed by atoms with Crippen LogP contribution in [-0.2, 0) is 13.6 Å². The van der Waals surface area contributed by atoms with Crippen molar-refractivity contribution in [2.75, 3.05) is 12.1 Å². The molecule has 4 rings (SSSR count). The van der Waals surface area contributed by atoms with Gasteiger partial charge in [0.25, 0.3) is 0 Å². The molecule has 0 aliphatic carbocycles. The lowest BCUT2D eigenvalue weighted by molar-refractivity contribution is 0.173. The van der Waals surface area contributed by atoms with Crippen molar-refractivity contribution in [3.8, 4) is 11.5 Å². The molecule has 1 N–H and O–H groups in total. The Morgan fingerprint density at radius 3 is 2.95 bits per heavy atom. The second-order valence-electron chi connectivity index (χ2n) is 4.99. The molecule has 5 heteroatoms. The number of benzene rings is 2. The fraction of sp³-hybridized carbons (Fsp3) is 0.188. The minimum absolute atomic E-state index is 0.290. The molecule has 5 nitrogen and oxygen atoms in total. The SMILES string of the molecule is Cn1c(NCc2cccc3c2OCO3)nc2ccccc21.